The molecular formula is C17H10ClF3N4OS. The van der Waals surface area contributed by atoms with E-state index in [4.69, 9.17) is 16.0 Å². The molecule has 5 nitrogen and oxygen atoms in total. The second-order valence-corrected chi connectivity index (χ2v) is 6.92. The minimum atomic E-state index is -4.44. The van der Waals surface area contributed by atoms with E-state index in [2.05, 4.69) is 15.2 Å². The van der Waals surface area contributed by atoms with Gasteiger partial charge in [-0.25, -0.2) is 4.98 Å². The average molecular weight is 411 g/mol. The molecule has 0 radical (unpaired) electrons. The van der Waals surface area contributed by atoms with Crippen LogP contribution in [-0.2, 0) is 11.9 Å². The topological polar surface area (TPSA) is 56.2 Å². The number of hydrogen-bond donors (Lipinski definition) is 0. The summed E-state index contributed by atoms with van der Waals surface area (Å²) in [6, 6.07) is 9.41. The van der Waals surface area contributed by atoms with Gasteiger partial charge in [0.05, 0.1) is 17.5 Å². The van der Waals surface area contributed by atoms with Crippen LogP contribution in [0.2, 0.25) is 5.02 Å². The number of pyridine rings is 1. The minimum absolute atomic E-state index is 0.289. The molecule has 0 spiro atoms. The third kappa shape index (κ3) is 3.79. The number of benzene rings is 1. The third-order valence-electron chi connectivity index (χ3n) is 3.69. The summed E-state index contributed by atoms with van der Waals surface area (Å²) < 4.78 is 45.7. The smallest absolute Gasteiger partial charge is 0.417 e. The summed E-state index contributed by atoms with van der Waals surface area (Å²) in [6.45, 7) is 0. The number of oxazole rings is 1. The van der Waals surface area contributed by atoms with Crippen molar-refractivity contribution in [1.29, 1.82) is 0 Å². The predicted octanol–water partition coefficient (Wildman–Crippen LogP) is 5.35. The zero-order valence-electron chi connectivity index (χ0n) is 13.4. The maximum Gasteiger partial charge on any atom is 0.417 e. The van der Waals surface area contributed by atoms with Gasteiger partial charge in [-0.1, -0.05) is 35.5 Å². The van der Waals surface area contributed by atoms with Crippen molar-refractivity contribution in [3.63, 3.8) is 0 Å². The summed E-state index contributed by atoms with van der Waals surface area (Å²) in [5.41, 5.74) is 0.350. The lowest BCUT2D eigenvalue weighted by Crippen LogP contribution is -2.06. The lowest BCUT2D eigenvalue weighted by atomic mass is 10.2. The van der Waals surface area contributed by atoms with Crippen molar-refractivity contribution in [2.75, 3.05) is 0 Å². The first-order valence-corrected chi connectivity index (χ1v) is 9.02. The fourth-order valence-corrected chi connectivity index (χ4v) is 3.37. The molecule has 0 amide bonds. The van der Waals surface area contributed by atoms with Gasteiger partial charge in [0, 0.05) is 16.8 Å². The van der Waals surface area contributed by atoms with Crippen LogP contribution in [0, 0.1) is 0 Å². The summed E-state index contributed by atoms with van der Waals surface area (Å²) in [5.74, 6) is 1.26. The van der Waals surface area contributed by atoms with Crippen molar-refractivity contribution in [3.05, 3.63) is 65.3 Å². The summed E-state index contributed by atoms with van der Waals surface area (Å²) >= 11 is 7.15. The van der Waals surface area contributed by atoms with Gasteiger partial charge in [-0.3, -0.25) is 4.40 Å². The summed E-state index contributed by atoms with van der Waals surface area (Å²) in [4.78, 5) is 4.19. The van der Waals surface area contributed by atoms with E-state index in [1.54, 1.807) is 24.4 Å². The Labute approximate surface area is 160 Å². The van der Waals surface area contributed by atoms with E-state index in [-0.39, 0.29) is 5.75 Å². The molecule has 0 fully saturated rings. The largest absolute Gasteiger partial charge is 0.440 e. The molecule has 4 aromatic rings. The summed E-state index contributed by atoms with van der Waals surface area (Å²) in [6.07, 6.45) is -1.88. The maximum absolute atomic E-state index is 12.9. The van der Waals surface area contributed by atoms with Crippen molar-refractivity contribution in [3.8, 4) is 11.3 Å². The number of hydrogen-bond acceptors (Lipinski definition) is 5. The monoisotopic (exact) mass is 410 g/mol. The SMILES string of the molecule is FC(F)(F)c1ccc2nnc(SCc3ncc(-c4cccc(Cl)c4)o3)n2c1. The van der Waals surface area contributed by atoms with Crippen LogP contribution in [0.15, 0.2) is 58.4 Å². The van der Waals surface area contributed by atoms with E-state index < -0.39 is 11.7 Å². The Hall–Kier alpha value is -2.52. The zero-order chi connectivity index (χ0) is 19.0. The fourth-order valence-electron chi connectivity index (χ4n) is 2.41. The Kier molecular flexibility index (Phi) is 4.56. The van der Waals surface area contributed by atoms with Gasteiger partial charge in [0.25, 0.3) is 0 Å². The molecular weight excluding hydrogens is 401 g/mol. The quantitative estimate of drug-likeness (QED) is 0.424. The van der Waals surface area contributed by atoms with Gasteiger partial charge in [0.2, 0.25) is 5.89 Å². The van der Waals surface area contributed by atoms with E-state index in [1.165, 1.54) is 22.2 Å². The van der Waals surface area contributed by atoms with Crippen LogP contribution in [0.3, 0.4) is 0 Å². The molecule has 0 saturated carbocycles. The molecule has 10 heteroatoms. The molecule has 0 N–H and O–H groups in total. The first-order valence-electron chi connectivity index (χ1n) is 7.65. The summed E-state index contributed by atoms with van der Waals surface area (Å²) in [7, 11) is 0. The van der Waals surface area contributed by atoms with Crippen LogP contribution in [0.5, 0.6) is 0 Å². The standard InChI is InChI=1S/C17H10ClF3N4OS/c18-12-3-1-2-10(6-12)13-7-22-15(26-13)9-27-16-24-23-14-5-4-11(8-25(14)16)17(19,20)21/h1-8H,9H2. The van der Waals surface area contributed by atoms with Crippen LogP contribution in [0.4, 0.5) is 13.2 Å². The molecule has 3 heterocycles. The van der Waals surface area contributed by atoms with E-state index in [0.29, 0.717) is 27.5 Å². The number of alkyl halides is 3. The highest BCUT2D eigenvalue weighted by Gasteiger charge is 2.31. The van der Waals surface area contributed by atoms with Crippen molar-refractivity contribution in [2.45, 2.75) is 17.1 Å². The molecule has 0 aliphatic carbocycles. The highest BCUT2D eigenvalue weighted by atomic mass is 35.5. The molecule has 4 rings (SSSR count). The Morgan fingerprint density at radius 3 is 2.78 bits per heavy atom. The van der Waals surface area contributed by atoms with Crippen molar-refractivity contribution in [1.82, 2.24) is 19.6 Å². The third-order valence-corrected chi connectivity index (χ3v) is 4.85. The molecule has 3 aromatic heterocycles. The molecule has 0 atom stereocenters. The minimum Gasteiger partial charge on any atom is -0.440 e. The van der Waals surface area contributed by atoms with Crippen LogP contribution < -0.4 is 0 Å². The van der Waals surface area contributed by atoms with Gasteiger partial charge >= 0.3 is 6.18 Å². The van der Waals surface area contributed by atoms with E-state index >= 15 is 0 Å². The van der Waals surface area contributed by atoms with Gasteiger partial charge in [-0.05, 0) is 24.3 Å². The fraction of sp³-hybridized carbons (Fsp3) is 0.118. The van der Waals surface area contributed by atoms with Gasteiger partial charge < -0.3 is 4.42 Å². The Bertz CT molecular complexity index is 1110. The van der Waals surface area contributed by atoms with Gasteiger partial charge in [-0.15, -0.1) is 10.2 Å². The number of thioether (sulfide) groups is 1. The highest BCUT2D eigenvalue weighted by molar-refractivity contribution is 7.98. The maximum atomic E-state index is 12.9. The average Bonchev–Trinajstić information content (AvgIpc) is 3.25. The van der Waals surface area contributed by atoms with E-state index in [1.807, 2.05) is 6.07 Å². The first kappa shape index (κ1) is 17.9. The predicted molar refractivity (Wildman–Crippen MR) is 94.5 cm³/mol. The highest BCUT2D eigenvalue weighted by Crippen LogP contribution is 2.31. The number of rotatable bonds is 4. The zero-order valence-corrected chi connectivity index (χ0v) is 15.0. The molecule has 27 heavy (non-hydrogen) atoms. The molecule has 138 valence electrons. The van der Waals surface area contributed by atoms with Gasteiger partial charge in [0.1, 0.15) is 0 Å². The van der Waals surface area contributed by atoms with Crippen LogP contribution >= 0.6 is 23.4 Å². The lowest BCUT2D eigenvalue weighted by molar-refractivity contribution is -0.137. The van der Waals surface area contributed by atoms with E-state index in [0.717, 1.165) is 17.8 Å². The Morgan fingerprint density at radius 2 is 2.00 bits per heavy atom. The Morgan fingerprint density at radius 1 is 1.15 bits per heavy atom. The molecule has 1 aromatic carbocycles. The van der Waals surface area contributed by atoms with Crippen molar-refractivity contribution < 1.29 is 17.6 Å². The van der Waals surface area contributed by atoms with Crippen LogP contribution in [0.25, 0.3) is 17.0 Å². The lowest BCUT2D eigenvalue weighted by Gasteiger charge is -2.07. The molecule has 0 saturated heterocycles. The van der Waals surface area contributed by atoms with Gasteiger partial charge in [-0.2, -0.15) is 13.2 Å². The summed E-state index contributed by atoms with van der Waals surface area (Å²) in [5, 5.41) is 8.70. The number of nitrogens with zero attached hydrogens (tertiary/aromatic N) is 4. The normalized spacial score (nSPS) is 12.0. The molecule has 0 unspecified atom stereocenters. The first-order chi connectivity index (χ1) is 12.9. The van der Waals surface area contributed by atoms with Crippen molar-refractivity contribution >= 4 is 29.0 Å². The second-order valence-electron chi connectivity index (χ2n) is 5.54. The number of fused-ring (bicyclic) bond motifs is 1. The second kappa shape index (κ2) is 6.90. The van der Waals surface area contributed by atoms with Crippen molar-refractivity contribution in [2.24, 2.45) is 0 Å². The van der Waals surface area contributed by atoms with Crippen LogP contribution in [-0.4, -0.2) is 19.6 Å². The van der Waals surface area contributed by atoms with E-state index in [9.17, 15) is 13.2 Å². The Balaban J connectivity index is 1.54. The number of aromatic nitrogens is 4. The number of halogens is 4. The molecule has 0 aliphatic rings. The van der Waals surface area contributed by atoms with Gasteiger partial charge in [0.15, 0.2) is 16.6 Å². The molecule has 0 bridgehead atoms. The molecule has 0 aliphatic heterocycles. The van der Waals surface area contributed by atoms with Crippen LogP contribution in [0.1, 0.15) is 11.5 Å².